The summed E-state index contributed by atoms with van der Waals surface area (Å²) < 4.78 is 10.5. The number of hydrogen-bond donors (Lipinski definition) is 0. The summed E-state index contributed by atoms with van der Waals surface area (Å²) in [6.07, 6.45) is 0.717. The summed E-state index contributed by atoms with van der Waals surface area (Å²) in [5, 5.41) is 0. The normalized spacial score (nSPS) is 10.4. The van der Waals surface area contributed by atoms with Crippen LogP contribution in [0.25, 0.3) is 11.3 Å². The number of benzene rings is 2. The fourth-order valence-corrected chi connectivity index (χ4v) is 3.52. The van der Waals surface area contributed by atoms with E-state index in [0.29, 0.717) is 23.5 Å². The number of methoxy groups -OCH3 is 2. The van der Waals surface area contributed by atoms with Crippen LogP contribution in [0.1, 0.15) is 0 Å². The van der Waals surface area contributed by atoms with Crippen LogP contribution in [0.2, 0.25) is 0 Å². The lowest BCUT2D eigenvalue weighted by atomic mass is 10.1. The maximum Gasteiger partial charge on any atom is 0.246 e. The van der Waals surface area contributed by atoms with Gasteiger partial charge in [-0.25, -0.2) is 4.98 Å². The van der Waals surface area contributed by atoms with Gasteiger partial charge in [0.2, 0.25) is 11.8 Å². The number of carbonyl (C=O) groups excluding carboxylic acids is 2. The molecule has 34 heavy (non-hydrogen) atoms. The van der Waals surface area contributed by atoms with Crippen LogP contribution in [-0.2, 0) is 9.59 Å². The molecule has 3 aromatic rings. The standard InChI is InChI=1S/C26H30N4O4/c1-28(2)20-8-6-19(7-9-20)26-23(14-15-24(27-26)34-5)30(16-17-31)25(32)18-29(3)21-10-12-22(33-4)13-11-21/h6-15,17H,16,18H2,1-5H3. The molecule has 8 heteroatoms. The monoisotopic (exact) mass is 462 g/mol. The van der Waals surface area contributed by atoms with E-state index >= 15 is 0 Å². The van der Waals surface area contributed by atoms with Gasteiger partial charge in [-0.1, -0.05) is 12.1 Å². The third kappa shape index (κ3) is 5.64. The van der Waals surface area contributed by atoms with Gasteiger partial charge in [0.25, 0.3) is 0 Å². The molecule has 3 rings (SSSR count). The Kier molecular flexibility index (Phi) is 8.08. The van der Waals surface area contributed by atoms with Crippen molar-refractivity contribution in [2.45, 2.75) is 0 Å². The van der Waals surface area contributed by atoms with Crippen molar-refractivity contribution >= 4 is 29.3 Å². The quantitative estimate of drug-likeness (QED) is 0.427. The number of aromatic nitrogens is 1. The van der Waals surface area contributed by atoms with Gasteiger partial charge in [-0.05, 0) is 42.5 Å². The molecule has 2 aromatic carbocycles. The van der Waals surface area contributed by atoms with Gasteiger partial charge in [0.05, 0.1) is 38.7 Å². The fourth-order valence-electron chi connectivity index (χ4n) is 3.52. The zero-order valence-electron chi connectivity index (χ0n) is 20.2. The van der Waals surface area contributed by atoms with Gasteiger partial charge < -0.3 is 29.0 Å². The molecule has 1 aromatic heterocycles. The molecule has 0 spiro atoms. The van der Waals surface area contributed by atoms with Gasteiger partial charge in [0.1, 0.15) is 12.0 Å². The lowest BCUT2D eigenvalue weighted by Crippen LogP contribution is -2.40. The van der Waals surface area contributed by atoms with E-state index in [1.165, 1.54) is 4.90 Å². The van der Waals surface area contributed by atoms with Crippen LogP contribution in [0.4, 0.5) is 17.1 Å². The van der Waals surface area contributed by atoms with Gasteiger partial charge in [-0.15, -0.1) is 0 Å². The number of hydrogen-bond acceptors (Lipinski definition) is 7. The summed E-state index contributed by atoms with van der Waals surface area (Å²) in [6.45, 7) is -0.0166. The maximum absolute atomic E-state index is 13.4. The minimum atomic E-state index is -0.233. The first-order valence-corrected chi connectivity index (χ1v) is 10.8. The number of nitrogens with zero attached hydrogens (tertiary/aromatic N) is 4. The van der Waals surface area contributed by atoms with Crippen LogP contribution < -0.4 is 24.2 Å². The van der Waals surface area contributed by atoms with Crippen molar-refractivity contribution in [3.8, 4) is 22.9 Å². The fraction of sp³-hybridized carbons (Fsp3) is 0.269. The first-order valence-electron chi connectivity index (χ1n) is 10.8. The Morgan fingerprint density at radius 2 is 1.53 bits per heavy atom. The topological polar surface area (TPSA) is 75.2 Å². The summed E-state index contributed by atoms with van der Waals surface area (Å²) in [5.41, 5.74) is 3.81. The predicted octanol–water partition coefficient (Wildman–Crippen LogP) is 3.50. The molecule has 0 bridgehead atoms. The number of aldehydes is 1. The highest BCUT2D eigenvalue weighted by atomic mass is 16.5. The molecular weight excluding hydrogens is 432 g/mol. The van der Waals surface area contributed by atoms with Crippen molar-refractivity contribution in [1.82, 2.24) is 4.98 Å². The van der Waals surface area contributed by atoms with Crippen LogP contribution in [0.5, 0.6) is 11.6 Å². The van der Waals surface area contributed by atoms with E-state index in [9.17, 15) is 9.59 Å². The highest BCUT2D eigenvalue weighted by molar-refractivity contribution is 6.01. The van der Waals surface area contributed by atoms with E-state index in [-0.39, 0.29) is 19.0 Å². The number of rotatable bonds is 10. The van der Waals surface area contributed by atoms with Crippen molar-refractivity contribution in [2.24, 2.45) is 0 Å². The molecule has 8 nitrogen and oxygen atoms in total. The molecule has 0 aliphatic carbocycles. The Bertz CT molecular complexity index is 1110. The second-order valence-corrected chi connectivity index (χ2v) is 7.89. The smallest absolute Gasteiger partial charge is 0.246 e. The SMILES string of the molecule is COc1ccc(N(C)CC(=O)N(CC=O)c2ccc(OC)nc2-c2ccc(N(C)C)cc2)cc1. The number of anilines is 3. The van der Waals surface area contributed by atoms with Crippen molar-refractivity contribution in [2.75, 3.05) is 63.2 Å². The van der Waals surface area contributed by atoms with Crippen LogP contribution in [0, 0.1) is 0 Å². The molecule has 1 heterocycles. The molecule has 0 aliphatic heterocycles. The zero-order valence-corrected chi connectivity index (χ0v) is 20.2. The minimum absolute atomic E-state index is 0.0746. The third-order valence-electron chi connectivity index (χ3n) is 5.45. The van der Waals surface area contributed by atoms with Gasteiger partial charge in [-0.3, -0.25) is 4.79 Å². The van der Waals surface area contributed by atoms with Crippen molar-refractivity contribution < 1.29 is 19.1 Å². The molecule has 178 valence electrons. The molecule has 0 aliphatic rings. The molecule has 0 saturated heterocycles. The molecule has 1 amide bonds. The van der Waals surface area contributed by atoms with E-state index in [2.05, 4.69) is 4.98 Å². The van der Waals surface area contributed by atoms with Crippen LogP contribution in [0.3, 0.4) is 0 Å². The Morgan fingerprint density at radius 3 is 2.09 bits per heavy atom. The van der Waals surface area contributed by atoms with E-state index in [1.807, 2.05) is 79.5 Å². The summed E-state index contributed by atoms with van der Waals surface area (Å²) >= 11 is 0. The van der Waals surface area contributed by atoms with Crippen LogP contribution in [-0.4, -0.2) is 65.6 Å². The Balaban J connectivity index is 1.94. The number of likely N-dealkylation sites (N-methyl/N-ethyl adjacent to an activating group) is 1. The summed E-state index contributed by atoms with van der Waals surface area (Å²) in [6, 6.07) is 18.7. The van der Waals surface area contributed by atoms with E-state index in [4.69, 9.17) is 9.47 Å². The lowest BCUT2D eigenvalue weighted by Gasteiger charge is -2.27. The second kappa shape index (κ2) is 11.2. The van der Waals surface area contributed by atoms with Crippen LogP contribution >= 0.6 is 0 Å². The van der Waals surface area contributed by atoms with Crippen molar-refractivity contribution in [3.05, 3.63) is 60.7 Å². The number of carbonyl (C=O) groups is 2. The van der Waals surface area contributed by atoms with E-state index in [1.54, 1.807) is 26.4 Å². The number of pyridine rings is 1. The van der Waals surface area contributed by atoms with Gasteiger partial charge in [-0.2, -0.15) is 0 Å². The average Bonchev–Trinajstić information content (AvgIpc) is 2.87. The second-order valence-electron chi connectivity index (χ2n) is 7.89. The minimum Gasteiger partial charge on any atom is -0.497 e. The Labute approximate surface area is 200 Å². The van der Waals surface area contributed by atoms with Gasteiger partial charge >= 0.3 is 0 Å². The highest BCUT2D eigenvalue weighted by Gasteiger charge is 2.22. The van der Waals surface area contributed by atoms with Crippen LogP contribution in [0.15, 0.2) is 60.7 Å². The molecular formula is C26H30N4O4. The Hall–Kier alpha value is -4.07. The Morgan fingerprint density at radius 1 is 0.882 bits per heavy atom. The van der Waals surface area contributed by atoms with Crippen molar-refractivity contribution in [3.63, 3.8) is 0 Å². The molecule has 0 saturated carbocycles. The molecule has 0 unspecified atom stereocenters. The lowest BCUT2D eigenvalue weighted by molar-refractivity contribution is -0.118. The first kappa shape index (κ1) is 24.6. The molecule has 0 N–H and O–H groups in total. The summed E-state index contributed by atoms with van der Waals surface area (Å²) in [4.78, 5) is 34.8. The third-order valence-corrected chi connectivity index (χ3v) is 5.45. The van der Waals surface area contributed by atoms with Gasteiger partial charge in [0, 0.05) is 44.1 Å². The zero-order chi connectivity index (χ0) is 24.7. The van der Waals surface area contributed by atoms with E-state index in [0.717, 1.165) is 22.7 Å². The summed E-state index contributed by atoms with van der Waals surface area (Å²) in [7, 11) is 8.90. The first-order chi connectivity index (χ1) is 16.4. The highest BCUT2D eigenvalue weighted by Crippen LogP contribution is 2.32. The maximum atomic E-state index is 13.4. The predicted molar refractivity (Wildman–Crippen MR) is 135 cm³/mol. The summed E-state index contributed by atoms with van der Waals surface area (Å²) in [5.74, 6) is 0.924. The average molecular weight is 463 g/mol. The van der Waals surface area contributed by atoms with Gasteiger partial charge in [0.15, 0.2) is 0 Å². The van der Waals surface area contributed by atoms with E-state index < -0.39 is 0 Å². The largest absolute Gasteiger partial charge is 0.497 e. The van der Waals surface area contributed by atoms with Crippen molar-refractivity contribution in [1.29, 1.82) is 0 Å². The molecule has 0 fully saturated rings. The molecule has 0 radical (unpaired) electrons. The molecule has 0 atom stereocenters. The number of amides is 1. The number of ether oxygens (including phenoxy) is 2.